The fraction of sp³-hybridized carbons (Fsp3) is 0.278. The molecule has 0 aliphatic rings. The van der Waals surface area contributed by atoms with Crippen LogP contribution in [0.1, 0.15) is 13.3 Å². The van der Waals surface area contributed by atoms with Gasteiger partial charge in [0, 0.05) is 13.1 Å². The van der Waals surface area contributed by atoms with Gasteiger partial charge in [-0.3, -0.25) is 9.13 Å². The number of fused-ring (bicyclic) bond motifs is 1. The van der Waals surface area contributed by atoms with Gasteiger partial charge in [0.15, 0.2) is 9.84 Å². The van der Waals surface area contributed by atoms with E-state index in [1.807, 2.05) is 31.2 Å². The summed E-state index contributed by atoms with van der Waals surface area (Å²) in [7, 11) is -3.42. The van der Waals surface area contributed by atoms with Gasteiger partial charge in [-0.25, -0.2) is 13.2 Å². The second-order valence-electron chi connectivity index (χ2n) is 5.71. The first-order chi connectivity index (χ1) is 11.5. The number of rotatable bonds is 6. The highest BCUT2D eigenvalue weighted by molar-refractivity contribution is 7.91. The fourth-order valence-corrected chi connectivity index (χ4v) is 4.12. The number of hydrogen-bond donors (Lipinski definition) is 0. The average molecular weight is 344 g/mol. The molecule has 126 valence electrons. The summed E-state index contributed by atoms with van der Waals surface area (Å²) in [4.78, 5) is 13.0. The number of para-hydroxylation sites is 2. The van der Waals surface area contributed by atoms with Gasteiger partial charge in [0.2, 0.25) is 0 Å². The molecule has 6 heteroatoms. The number of sulfone groups is 1. The van der Waals surface area contributed by atoms with Crippen LogP contribution in [0.25, 0.3) is 11.0 Å². The minimum absolute atomic E-state index is 0.100. The van der Waals surface area contributed by atoms with Crippen molar-refractivity contribution in [1.29, 1.82) is 0 Å². The lowest BCUT2D eigenvalue weighted by molar-refractivity contribution is 0.584. The summed E-state index contributed by atoms with van der Waals surface area (Å²) in [5.74, 6) is -0.100. The Morgan fingerprint density at radius 1 is 0.833 bits per heavy atom. The van der Waals surface area contributed by atoms with Crippen molar-refractivity contribution in [2.75, 3.05) is 5.75 Å². The Balaban J connectivity index is 1.97. The van der Waals surface area contributed by atoms with Crippen LogP contribution in [0.2, 0.25) is 0 Å². The Morgan fingerprint density at radius 2 is 1.38 bits per heavy atom. The number of nitrogens with zero attached hydrogens (tertiary/aromatic N) is 2. The normalized spacial score (nSPS) is 11.9. The van der Waals surface area contributed by atoms with E-state index >= 15 is 0 Å². The predicted octanol–water partition coefficient (Wildman–Crippen LogP) is 2.69. The lowest BCUT2D eigenvalue weighted by atomic mass is 10.3. The van der Waals surface area contributed by atoms with Crippen LogP contribution in [0.15, 0.2) is 64.3 Å². The molecule has 0 amide bonds. The van der Waals surface area contributed by atoms with Crippen molar-refractivity contribution in [1.82, 2.24) is 9.13 Å². The molecule has 0 saturated heterocycles. The van der Waals surface area contributed by atoms with E-state index in [0.717, 1.165) is 17.5 Å². The maximum atomic E-state index is 12.7. The van der Waals surface area contributed by atoms with Crippen LogP contribution in [0, 0.1) is 0 Å². The Morgan fingerprint density at radius 3 is 1.96 bits per heavy atom. The molecule has 0 fully saturated rings. The van der Waals surface area contributed by atoms with Crippen molar-refractivity contribution in [2.24, 2.45) is 0 Å². The van der Waals surface area contributed by atoms with E-state index < -0.39 is 9.84 Å². The zero-order valence-electron chi connectivity index (χ0n) is 13.6. The molecule has 0 aliphatic heterocycles. The van der Waals surface area contributed by atoms with Gasteiger partial charge in [0.1, 0.15) is 0 Å². The zero-order valence-corrected chi connectivity index (χ0v) is 14.4. The van der Waals surface area contributed by atoms with Gasteiger partial charge in [0.25, 0.3) is 0 Å². The van der Waals surface area contributed by atoms with Gasteiger partial charge in [0.05, 0.1) is 21.7 Å². The maximum Gasteiger partial charge on any atom is 0.329 e. The van der Waals surface area contributed by atoms with E-state index in [4.69, 9.17) is 0 Å². The van der Waals surface area contributed by atoms with Gasteiger partial charge in [-0.15, -0.1) is 0 Å². The molecule has 0 atom stereocenters. The van der Waals surface area contributed by atoms with Crippen molar-refractivity contribution >= 4 is 20.9 Å². The summed E-state index contributed by atoms with van der Waals surface area (Å²) < 4.78 is 28.2. The van der Waals surface area contributed by atoms with Crippen molar-refractivity contribution in [2.45, 2.75) is 31.3 Å². The van der Waals surface area contributed by atoms with Crippen LogP contribution in [0.3, 0.4) is 0 Å². The molecule has 0 saturated carbocycles. The van der Waals surface area contributed by atoms with E-state index in [9.17, 15) is 13.2 Å². The SMILES string of the molecule is CCCn1c(=O)n(CCS(=O)(=O)c2ccccc2)c2ccccc21. The summed E-state index contributed by atoms with van der Waals surface area (Å²) in [6.45, 7) is 2.78. The third kappa shape index (κ3) is 3.01. The average Bonchev–Trinajstić information content (AvgIpc) is 2.86. The van der Waals surface area contributed by atoms with Gasteiger partial charge >= 0.3 is 5.69 Å². The van der Waals surface area contributed by atoms with Crippen LogP contribution in [0.4, 0.5) is 0 Å². The van der Waals surface area contributed by atoms with E-state index in [1.54, 1.807) is 39.5 Å². The Labute approximate surface area is 141 Å². The zero-order chi connectivity index (χ0) is 17.2. The molecule has 3 aromatic rings. The van der Waals surface area contributed by atoms with Crippen LogP contribution in [-0.2, 0) is 22.9 Å². The third-order valence-electron chi connectivity index (χ3n) is 4.06. The molecule has 0 radical (unpaired) electrons. The molecule has 24 heavy (non-hydrogen) atoms. The summed E-state index contributed by atoms with van der Waals surface area (Å²) >= 11 is 0. The van der Waals surface area contributed by atoms with Crippen LogP contribution < -0.4 is 5.69 Å². The van der Waals surface area contributed by atoms with Crippen molar-refractivity contribution in [3.63, 3.8) is 0 Å². The molecule has 0 aliphatic carbocycles. The van der Waals surface area contributed by atoms with Crippen LogP contribution in [0.5, 0.6) is 0 Å². The highest BCUT2D eigenvalue weighted by atomic mass is 32.2. The minimum atomic E-state index is -3.42. The van der Waals surface area contributed by atoms with E-state index in [-0.39, 0.29) is 22.9 Å². The minimum Gasteiger partial charge on any atom is -0.292 e. The molecule has 0 bridgehead atoms. The summed E-state index contributed by atoms with van der Waals surface area (Å²) in [5.41, 5.74) is 1.47. The highest BCUT2D eigenvalue weighted by Gasteiger charge is 2.17. The maximum absolute atomic E-state index is 12.7. The quantitative estimate of drug-likeness (QED) is 0.691. The predicted molar refractivity (Wildman–Crippen MR) is 95.0 cm³/mol. The monoisotopic (exact) mass is 344 g/mol. The van der Waals surface area contributed by atoms with Crippen molar-refractivity contribution in [3.8, 4) is 0 Å². The smallest absolute Gasteiger partial charge is 0.292 e. The van der Waals surface area contributed by atoms with E-state index in [0.29, 0.717) is 6.54 Å². The molecule has 1 heterocycles. The highest BCUT2D eigenvalue weighted by Crippen LogP contribution is 2.15. The first-order valence-corrected chi connectivity index (χ1v) is 9.65. The topological polar surface area (TPSA) is 61.1 Å². The molecule has 2 aromatic carbocycles. The molecule has 0 spiro atoms. The lowest BCUT2D eigenvalue weighted by Gasteiger charge is -2.05. The summed E-state index contributed by atoms with van der Waals surface area (Å²) in [6.07, 6.45) is 0.843. The number of benzene rings is 2. The Hall–Kier alpha value is -2.34. The third-order valence-corrected chi connectivity index (χ3v) is 5.77. The largest absolute Gasteiger partial charge is 0.329 e. The van der Waals surface area contributed by atoms with E-state index in [1.165, 1.54) is 0 Å². The first kappa shape index (κ1) is 16.5. The summed E-state index contributed by atoms with van der Waals surface area (Å²) in [5, 5.41) is 0. The fourth-order valence-electron chi connectivity index (χ4n) is 2.89. The van der Waals surface area contributed by atoms with Crippen LogP contribution in [-0.4, -0.2) is 23.3 Å². The van der Waals surface area contributed by atoms with Gasteiger partial charge in [-0.05, 0) is 30.7 Å². The second-order valence-corrected chi connectivity index (χ2v) is 7.82. The Kier molecular flexibility index (Phi) is 4.57. The number of aryl methyl sites for hydroxylation is 2. The molecule has 0 N–H and O–H groups in total. The molecular weight excluding hydrogens is 324 g/mol. The van der Waals surface area contributed by atoms with E-state index in [2.05, 4.69) is 0 Å². The molecule has 0 unspecified atom stereocenters. The molecule has 5 nitrogen and oxygen atoms in total. The first-order valence-electron chi connectivity index (χ1n) is 8.00. The molecule has 3 rings (SSSR count). The van der Waals surface area contributed by atoms with Gasteiger partial charge < -0.3 is 0 Å². The van der Waals surface area contributed by atoms with Gasteiger partial charge in [-0.1, -0.05) is 37.3 Å². The standard InChI is InChI=1S/C18H20N2O3S/c1-2-12-19-16-10-6-7-11-17(16)20(18(19)21)13-14-24(22,23)15-8-4-3-5-9-15/h3-11H,2,12-14H2,1H3. The number of hydrogen-bond acceptors (Lipinski definition) is 3. The Bertz CT molecular complexity index is 1000. The number of imidazole rings is 1. The molecule has 1 aromatic heterocycles. The second kappa shape index (κ2) is 6.65. The van der Waals surface area contributed by atoms with Crippen molar-refractivity contribution in [3.05, 3.63) is 65.1 Å². The molecular formula is C18H20N2O3S. The van der Waals surface area contributed by atoms with Crippen molar-refractivity contribution < 1.29 is 8.42 Å². The number of aromatic nitrogens is 2. The lowest BCUT2D eigenvalue weighted by Crippen LogP contribution is -2.27. The van der Waals surface area contributed by atoms with Gasteiger partial charge in [-0.2, -0.15) is 0 Å². The van der Waals surface area contributed by atoms with Crippen LogP contribution >= 0.6 is 0 Å². The summed E-state index contributed by atoms with van der Waals surface area (Å²) in [6, 6.07) is 15.9.